The number of aryl methyl sites for hydroxylation is 4. The summed E-state index contributed by atoms with van der Waals surface area (Å²) in [5, 5.41) is 4.70. The van der Waals surface area contributed by atoms with Crippen LogP contribution < -0.4 is 33.6 Å². The number of nitrogens with one attached hydrogen (secondary N) is 3. The zero-order valence-corrected chi connectivity index (χ0v) is 25.1. The molecule has 196 valence electrons. The molecule has 6 heteroatoms. The van der Waals surface area contributed by atoms with Crippen LogP contribution in [-0.2, 0) is 25.7 Å². The summed E-state index contributed by atoms with van der Waals surface area (Å²) in [6, 6.07) is 12.9. The number of likely N-dealkylation sites (N-methyl/N-ethyl adjacent to an activating group) is 3. The zero-order chi connectivity index (χ0) is 26.2. The molecule has 36 heavy (non-hydrogen) atoms. The molecule has 0 radical (unpaired) electrons. The molecule has 0 unspecified atom stereocenters. The van der Waals surface area contributed by atoms with Crippen LogP contribution in [0.5, 0.6) is 0 Å². The average molecular weight is 491 g/mol. The molecule has 0 aliphatic rings. The summed E-state index contributed by atoms with van der Waals surface area (Å²) in [5.74, 6) is 0. The van der Waals surface area contributed by atoms with Crippen molar-refractivity contribution in [2.75, 3.05) is 61.4 Å². The molecule has 3 N–H and O–H groups in total. The monoisotopic (exact) mass is 490 g/mol. The SMILES string of the molecule is CCc1cccc(CC)c1N=C[N-]c1c(CC)cccc1CC.C[NH+](C)CC[NH+](C)CC[NH+](C)C.[Li+]. The van der Waals surface area contributed by atoms with E-state index in [0.29, 0.717) is 0 Å². The van der Waals surface area contributed by atoms with E-state index in [1.54, 1.807) is 21.0 Å². The molecule has 0 saturated heterocycles. The molecule has 0 aliphatic heterocycles. The molecule has 0 aromatic heterocycles. The number of benzene rings is 2. The van der Waals surface area contributed by atoms with Crippen LogP contribution in [0.4, 0.5) is 11.4 Å². The number of para-hydroxylation sites is 2. The summed E-state index contributed by atoms with van der Waals surface area (Å²) in [6.45, 7) is 13.8. The van der Waals surface area contributed by atoms with Gasteiger partial charge in [0.15, 0.2) is 0 Å². The first-order chi connectivity index (χ1) is 16.8. The average Bonchev–Trinajstić information content (AvgIpc) is 2.86. The molecule has 2 aromatic rings. The largest absolute Gasteiger partial charge is 1.00 e. The number of hydrogen-bond acceptors (Lipinski definition) is 1. The van der Waals surface area contributed by atoms with E-state index < -0.39 is 0 Å². The summed E-state index contributed by atoms with van der Waals surface area (Å²) >= 11 is 0. The maximum atomic E-state index is 4.70. The molecule has 2 rings (SSSR count). The Morgan fingerprint density at radius 3 is 1.39 bits per heavy atom. The van der Waals surface area contributed by atoms with E-state index in [9.17, 15) is 0 Å². The molecule has 0 saturated carbocycles. The van der Waals surface area contributed by atoms with Crippen LogP contribution in [0, 0.1) is 0 Å². The molecule has 0 atom stereocenters. The smallest absolute Gasteiger partial charge is 0.443 e. The quantitative estimate of drug-likeness (QED) is 0.185. The Hall–Kier alpha value is -1.61. The molecule has 0 amide bonds. The van der Waals surface area contributed by atoms with E-state index in [1.165, 1.54) is 48.4 Å². The van der Waals surface area contributed by atoms with Gasteiger partial charge in [-0.3, -0.25) is 0 Å². The Bertz CT molecular complexity index is 823. The predicted molar refractivity (Wildman–Crippen MR) is 154 cm³/mol. The van der Waals surface area contributed by atoms with Crippen molar-refractivity contribution in [2.45, 2.75) is 53.4 Å². The molecule has 0 fully saturated rings. The molecule has 5 nitrogen and oxygen atoms in total. The second kappa shape index (κ2) is 19.5. The second-order valence-corrected chi connectivity index (χ2v) is 10.0. The summed E-state index contributed by atoms with van der Waals surface area (Å²) in [6.07, 6.45) is 5.71. The Balaban J connectivity index is 0.000000807. The number of hydrogen-bond donors (Lipinski definition) is 3. The van der Waals surface area contributed by atoms with Crippen molar-refractivity contribution in [2.24, 2.45) is 4.99 Å². The molecule has 0 bridgehead atoms. The van der Waals surface area contributed by atoms with Gasteiger partial charge in [0.25, 0.3) is 0 Å². The van der Waals surface area contributed by atoms with Crippen molar-refractivity contribution >= 4 is 17.7 Å². The minimum absolute atomic E-state index is 0. The van der Waals surface area contributed by atoms with E-state index in [1.807, 2.05) is 0 Å². The predicted octanol–water partition coefficient (Wildman–Crippen LogP) is -0.904. The number of aliphatic imine (C=N–C) groups is 1. The number of rotatable bonds is 13. The standard InChI is InChI=1S/C21H27N2.C9H23N3.Li/c1-5-16-11-9-12-17(6-2)20(16)22-15-23-21-18(7-3)13-10-14-19(21)8-4;1-10(2)6-8-12(5)9-7-11(3)4;/h9-15H,5-8H2,1-4H3;6-9H2,1-5H3;/q-1;;+1/p+3. The zero-order valence-electron chi connectivity index (χ0n) is 25.1. The van der Waals surface area contributed by atoms with E-state index in [4.69, 9.17) is 10.3 Å². The molecular formula is C30H53LiN5+3. The molecular weight excluding hydrogens is 437 g/mol. The Labute approximate surface area is 234 Å². The van der Waals surface area contributed by atoms with Crippen molar-refractivity contribution in [3.8, 4) is 0 Å². The van der Waals surface area contributed by atoms with Gasteiger partial charge in [0.1, 0.15) is 26.2 Å². The summed E-state index contributed by atoms with van der Waals surface area (Å²) < 4.78 is 0. The van der Waals surface area contributed by atoms with Crippen LogP contribution in [0.3, 0.4) is 0 Å². The van der Waals surface area contributed by atoms with E-state index in [2.05, 4.69) is 99.3 Å². The molecule has 0 heterocycles. The van der Waals surface area contributed by atoms with Crippen molar-refractivity contribution in [1.29, 1.82) is 0 Å². The minimum atomic E-state index is 0. The Morgan fingerprint density at radius 1 is 0.639 bits per heavy atom. The maximum Gasteiger partial charge on any atom is 1.00 e. The molecule has 0 aliphatic carbocycles. The van der Waals surface area contributed by atoms with Crippen LogP contribution >= 0.6 is 0 Å². The first-order valence-electron chi connectivity index (χ1n) is 13.6. The fourth-order valence-corrected chi connectivity index (χ4v) is 3.96. The first-order valence-corrected chi connectivity index (χ1v) is 13.6. The Kier molecular flexibility index (Phi) is 18.6. The van der Waals surface area contributed by atoms with E-state index in [-0.39, 0.29) is 18.9 Å². The van der Waals surface area contributed by atoms with E-state index >= 15 is 0 Å². The summed E-state index contributed by atoms with van der Waals surface area (Å²) in [5.41, 5.74) is 7.33. The third-order valence-electron chi connectivity index (χ3n) is 6.41. The van der Waals surface area contributed by atoms with Gasteiger partial charge in [-0.1, -0.05) is 70.4 Å². The third kappa shape index (κ3) is 12.6. The maximum absolute atomic E-state index is 4.70. The van der Waals surface area contributed by atoms with Gasteiger partial charge in [-0.15, -0.1) is 0 Å². The van der Waals surface area contributed by atoms with E-state index in [0.717, 1.165) is 37.1 Å². The van der Waals surface area contributed by atoms with Crippen LogP contribution in [0.25, 0.3) is 5.32 Å². The van der Waals surface area contributed by atoms with Crippen LogP contribution in [-0.4, -0.2) is 67.8 Å². The molecule has 0 spiro atoms. The van der Waals surface area contributed by atoms with Crippen molar-refractivity contribution < 1.29 is 33.6 Å². The molecule has 2 aromatic carbocycles. The van der Waals surface area contributed by atoms with Gasteiger partial charge >= 0.3 is 18.9 Å². The number of nitrogens with zero attached hydrogens (tertiary/aromatic N) is 2. The van der Waals surface area contributed by atoms with Gasteiger partial charge in [-0.05, 0) is 59.3 Å². The summed E-state index contributed by atoms with van der Waals surface area (Å²) in [4.78, 5) is 9.45. The van der Waals surface area contributed by atoms with Gasteiger partial charge in [0.2, 0.25) is 0 Å². The van der Waals surface area contributed by atoms with Crippen molar-refractivity contribution in [1.82, 2.24) is 0 Å². The fraction of sp³-hybridized carbons (Fsp3) is 0.567. The van der Waals surface area contributed by atoms with Crippen molar-refractivity contribution in [3.63, 3.8) is 0 Å². The van der Waals surface area contributed by atoms with Gasteiger partial charge in [-0.25, -0.2) is 0 Å². The van der Waals surface area contributed by atoms with Gasteiger partial charge < -0.3 is 25.0 Å². The summed E-state index contributed by atoms with van der Waals surface area (Å²) in [7, 11) is 11.1. The van der Waals surface area contributed by atoms with Crippen molar-refractivity contribution in [3.05, 3.63) is 64.0 Å². The van der Waals surface area contributed by atoms with Gasteiger partial charge in [-0.2, -0.15) is 0 Å². The van der Waals surface area contributed by atoms with Gasteiger partial charge in [0.05, 0.1) is 35.2 Å². The second-order valence-electron chi connectivity index (χ2n) is 10.0. The number of quaternary nitrogens is 3. The van der Waals surface area contributed by atoms with Crippen LogP contribution in [0.15, 0.2) is 41.4 Å². The Morgan fingerprint density at radius 2 is 1.03 bits per heavy atom. The fourth-order valence-electron chi connectivity index (χ4n) is 3.96. The normalized spacial score (nSPS) is 11.1. The third-order valence-corrected chi connectivity index (χ3v) is 6.41. The topological polar surface area (TPSA) is 39.8 Å². The minimum Gasteiger partial charge on any atom is -0.443 e. The first kappa shape index (κ1) is 34.4. The van der Waals surface area contributed by atoms with Gasteiger partial charge in [0, 0.05) is 0 Å². The van der Waals surface area contributed by atoms with Crippen LogP contribution in [0.1, 0.15) is 49.9 Å². The van der Waals surface area contributed by atoms with Crippen LogP contribution in [0.2, 0.25) is 0 Å².